The minimum atomic E-state index is -1.38. The number of ether oxygens (including phenoxy) is 3. The number of methoxy groups -OCH3 is 2. The van der Waals surface area contributed by atoms with Crippen LogP contribution in [0.3, 0.4) is 0 Å². The summed E-state index contributed by atoms with van der Waals surface area (Å²) >= 11 is 0. The molecule has 0 saturated carbocycles. The van der Waals surface area contributed by atoms with E-state index in [1.54, 1.807) is 6.92 Å². The molecule has 0 aromatic rings. The summed E-state index contributed by atoms with van der Waals surface area (Å²) in [5, 5.41) is 2.56. The van der Waals surface area contributed by atoms with Gasteiger partial charge in [0.25, 0.3) is 5.91 Å². The van der Waals surface area contributed by atoms with E-state index < -0.39 is 24.6 Å². The van der Waals surface area contributed by atoms with Crippen molar-refractivity contribution >= 4 is 5.91 Å². The second-order valence-corrected chi connectivity index (χ2v) is 4.79. The molecular weight excluding hydrogens is 267 g/mol. The van der Waals surface area contributed by atoms with Gasteiger partial charge >= 0.3 is 0 Å². The monoisotopic (exact) mass is 286 g/mol. The molecule has 20 heavy (non-hydrogen) atoms. The molecule has 0 radical (unpaired) electrons. The number of halogens is 1. The van der Waals surface area contributed by atoms with Crippen molar-refractivity contribution < 1.29 is 23.4 Å². The van der Waals surface area contributed by atoms with Gasteiger partial charge in [-0.05, 0) is 6.92 Å². The third-order valence-electron chi connectivity index (χ3n) is 3.40. The predicted octanol–water partition coefficient (Wildman–Crippen LogP) is 0.518. The van der Waals surface area contributed by atoms with Crippen LogP contribution in [0.4, 0.5) is 4.39 Å². The minimum Gasteiger partial charge on any atom is -0.382 e. The van der Waals surface area contributed by atoms with E-state index in [9.17, 15) is 9.18 Å². The molecule has 0 aromatic carbocycles. The van der Waals surface area contributed by atoms with Gasteiger partial charge in [0.05, 0.1) is 6.61 Å². The summed E-state index contributed by atoms with van der Waals surface area (Å²) < 4.78 is 30.3. The van der Waals surface area contributed by atoms with Crippen LogP contribution in [0.2, 0.25) is 0 Å². The van der Waals surface area contributed by atoms with Crippen molar-refractivity contribution in [2.24, 2.45) is 0 Å². The number of carbonyl (C=O) groups excluding carboxylic acids is 1. The predicted molar refractivity (Wildman–Crippen MR) is 69.1 cm³/mol. The molecule has 1 fully saturated rings. The molecule has 2 aliphatic heterocycles. The summed E-state index contributed by atoms with van der Waals surface area (Å²) in [5.74, 6) is 0.0255. The molecule has 0 bridgehead atoms. The van der Waals surface area contributed by atoms with E-state index in [1.165, 1.54) is 25.3 Å². The van der Waals surface area contributed by atoms with Crippen molar-refractivity contribution in [1.29, 1.82) is 0 Å². The standard InChI is InChI=1S/C13H19FN2O4/c1-7-5-16(8(2)15-12(7)17)13-10(14)11(19-4)9(20-13)6-18-3/h5,9-11,13H,2,6H2,1,3-4H3,(H,15,17)/t9?,10?,11-,13-/m1/s1. The maximum Gasteiger partial charge on any atom is 0.253 e. The van der Waals surface area contributed by atoms with Crippen molar-refractivity contribution in [2.45, 2.75) is 31.5 Å². The summed E-state index contributed by atoms with van der Waals surface area (Å²) in [6.07, 6.45) is -1.98. The van der Waals surface area contributed by atoms with Gasteiger partial charge in [-0.3, -0.25) is 4.79 Å². The topological polar surface area (TPSA) is 60.0 Å². The van der Waals surface area contributed by atoms with Gasteiger partial charge in [-0.2, -0.15) is 0 Å². The van der Waals surface area contributed by atoms with Crippen molar-refractivity contribution in [1.82, 2.24) is 10.2 Å². The summed E-state index contributed by atoms with van der Waals surface area (Å²) in [5.41, 5.74) is 0.456. The number of hydrogen-bond donors (Lipinski definition) is 1. The molecular formula is C13H19FN2O4. The molecule has 2 unspecified atom stereocenters. The van der Waals surface area contributed by atoms with Crippen molar-refractivity contribution in [3.63, 3.8) is 0 Å². The zero-order chi connectivity index (χ0) is 14.9. The molecule has 7 heteroatoms. The average molecular weight is 286 g/mol. The molecule has 6 nitrogen and oxygen atoms in total. The zero-order valence-corrected chi connectivity index (χ0v) is 11.8. The van der Waals surface area contributed by atoms with Gasteiger partial charge in [-0.1, -0.05) is 6.58 Å². The quantitative estimate of drug-likeness (QED) is 0.816. The molecule has 1 amide bonds. The van der Waals surface area contributed by atoms with Crippen LogP contribution < -0.4 is 5.32 Å². The van der Waals surface area contributed by atoms with Crippen LogP contribution in [0.5, 0.6) is 0 Å². The van der Waals surface area contributed by atoms with Crippen LogP contribution in [0.15, 0.2) is 24.2 Å². The largest absolute Gasteiger partial charge is 0.382 e. The summed E-state index contributed by atoms with van der Waals surface area (Å²) in [4.78, 5) is 13.0. The average Bonchev–Trinajstić information content (AvgIpc) is 2.71. The molecule has 2 heterocycles. The zero-order valence-electron chi connectivity index (χ0n) is 11.8. The molecule has 4 atom stereocenters. The fourth-order valence-corrected chi connectivity index (χ4v) is 2.36. The molecule has 2 rings (SSSR count). The number of rotatable bonds is 4. The Kier molecular flexibility index (Phi) is 4.42. The lowest BCUT2D eigenvalue weighted by atomic mass is 10.1. The van der Waals surface area contributed by atoms with Crippen LogP contribution >= 0.6 is 0 Å². The van der Waals surface area contributed by atoms with Crippen LogP contribution in [0, 0.1) is 0 Å². The van der Waals surface area contributed by atoms with Crippen LogP contribution in [0.25, 0.3) is 0 Å². The Morgan fingerprint density at radius 3 is 2.85 bits per heavy atom. The van der Waals surface area contributed by atoms with E-state index in [4.69, 9.17) is 14.2 Å². The Morgan fingerprint density at radius 1 is 1.55 bits per heavy atom. The molecule has 2 aliphatic rings. The Hall–Kier alpha value is -1.44. The number of carbonyl (C=O) groups is 1. The van der Waals surface area contributed by atoms with E-state index >= 15 is 0 Å². The van der Waals surface area contributed by atoms with Gasteiger partial charge in [0.15, 0.2) is 12.4 Å². The fraction of sp³-hybridized carbons (Fsp3) is 0.615. The van der Waals surface area contributed by atoms with E-state index in [1.807, 2.05) is 0 Å². The highest BCUT2D eigenvalue weighted by atomic mass is 19.1. The third kappa shape index (κ3) is 2.56. The number of alkyl halides is 1. The Bertz CT molecular complexity index is 440. The smallest absolute Gasteiger partial charge is 0.253 e. The maximum absolute atomic E-state index is 14.5. The van der Waals surface area contributed by atoms with Crippen molar-refractivity contribution in [3.05, 3.63) is 24.2 Å². The lowest BCUT2D eigenvalue weighted by Crippen LogP contribution is -2.46. The van der Waals surface area contributed by atoms with Crippen LogP contribution in [-0.4, -0.2) is 56.2 Å². The summed E-state index contributed by atoms with van der Waals surface area (Å²) in [6.45, 7) is 5.58. The molecule has 1 N–H and O–H groups in total. The molecule has 0 spiro atoms. The van der Waals surface area contributed by atoms with E-state index in [2.05, 4.69) is 11.9 Å². The maximum atomic E-state index is 14.5. The van der Waals surface area contributed by atoms with Gasteiger partial charge in [-0.25, -0.2) is 4.39 Å². The third-order valence-corrected chi connectivity index (χ3v) is 3.40. The molecule has 112 valence electrons. The highest BCUT2D eigenvalue weighted by Crippen LogP contribution is 2.31. The second-order valence-electron chi connectivity index (χ2n) is 4.79. The lowest BCUT2D eigenvalue weighted by molar-refractivity contribution is -0.119. The molecule has 0 aromatic heterocycles. The lowest BCUT2D eigenvalue weighted by Gasteiger charge is -2.33. The van der Waals surface area contributed by atoms with E-state index in [0.29, 0.717) is 5.57 Å². The summed E-state index contributed by atoms with van der Waals surface area (Å²) in [7, 11) is 2.94. The van der Waals surface area contributed by atoms with Crippen LogP contribution in [-0.2, 0) is 19.0 Å². The summed E-state index contributed by atoms with van der Waals surface area (Å²) in [6, 6.07) is 0. The minimum absolute atomic E-state index is 0.227. The van der Waals surface area contributed by atoms with Gasteiger partial charge in [0, 0.05) is 26.0 Å². The first-order valence-corrected chi connectivity index (χ1v) is 6.28. The first kappa shape index (κ1) is 15.0. The Balaban J connectivity index is 2.20. The van der Waals surface area contributed by atoms with Gasteiger partial charge in [0.1, 0.15) is 18.0 Å². The number of hydrogen-bond acceptors (Lipinski definition) is 5. The number of nitrogens with zero attached hydrogens (tertiary/aromatic N) is 1. The van der Waals surface area contributed by atoms with Gasteiger partial charge in [0.2, 0.25) is 0 Å². The van der Waals surface area contributed by atoms with E-state index in [-0.39, 0.29) is 18.3 Å². The van der Waals surface area contributed by atoms with Crippen LogP contribution in [0.1, 0.15) is 6.92 Å². The van der Waals surface area contributed by atoms with Gasteiger partial charge in [-0.15, -0.1) is 0 Å². The Morgan fingerprint density at radius 2 is 2.25 bits per heavy atom. The molecule has 1 saturated heterocycles. The fourth-order valence-electron chi connectivity index (χ4n) is 2.36. The SMILES string of the molecule is C=C1NC(=O)C(C)=CN1[C@@H]1OC(COC)[C@@H](OC)C1F. The number of amides is 1. The van der Waals surface area contributed by atoms with Gasteiger partial charge < -0.3 is 24.4 Å². The van der Waals surface area contributed by atoms with E-state index in [0.717, 1.165) is 0 Å². The number of nitrogens with one attached hydrogen (secondary N) is 1. The highest BCUT2D eigenvalue weighted by Gasteiger charge is 2.48. The first-order valence-electron chi connectivity index (χ1n) is 6.28. The molecule has 0 aliphatic carbocycles. The first-order chi connectivity index (χ1) is 9.49. The van der Waals surface area contributed by atoms with Crippen molar-refractivity contribution in [2.75, 3.05) is 20.8 Å². The normalized spacial score (nSPS) is 34.2. The second kappa shape index (κ2) is 5.90. The highest BCUT2D eigenvalue weighted by molar-refractivity contribution is 5.94. The van der Waals surface area contributed by atoms with Crippen molar-refractivity contribution in [3.8, 4) is 0 Å². The Labute approximate surface area is 117 Å².